The summed E-state index contributed by atoms with van der Waals surface area (Å²) in [6, 6.07) is 5.65. The highest BCUT2D eigenvalue weighted by Gasteiger charge is 2.66. The van der Waals surface area contributed by atoms with Crippen LogP contribution in [0.15, 0.2) is 30.5 Å². The van der Waals surface area contributed by atoms with Crippen LogP contribution in [0.1, 0.15) is 152 Å². The number of aliphatic hydroxyl groups is 2. The van der Waals surface area contributed by atoms with Crippen LogP contribution in [-0.4, -0.2) is 141 Å². The molecule has 1 aromatic heterocycles. The minimum absolute atomic E-state index is 0.0173. The number of nitrogens with one attached hydrogen (secondary N) is 3. The smallest absolute Gasteiger partial charge is 0.249 e. The molecule has 1 aliphatic rings. The fraction of sp³-hybridized carbons (Fsp3) is 0.727. The molecule has 1 heterocycles. The molecule has 1 aromatic carbocycles. The Morgan fingerprint density at radius 1 is 0.875 bits per heavy atom. The Morgan fingerprint density at radius 3 is 2.03 bits per heavy atom. The lowest BCUT2D eigenvalue weighted by atomic mass is 9.84. The standard InChI is InChI=1S/C55H90N8O9/c1-15-17-22-37(7)29-44(50(68)60(11)39(9)34-64)57-48(66)46(30-40-33-63(72-14)45-25-20-19-24-41(40)45)61(12)51(69)43(28-35(3)4)58-52(70)55(32-42(55)36(5)6)62(13)53(71)54(10,31-38(8)23-18-16-2)59-49(67)47(65)26-21-27-56/h19-20,24-25,33,35-39,42-44,46-47,64-65H,15-18,21-23,26,28-32,34H2,1-14H3,(H,57,66)(H,58,70)(H,59,67)/t37-,38-,39-,42?,43+,44+,46+,47-,54?,55-/m1/s1. The van der Waals surface area contributed by atoms with Crippen LogP contribution in [0, 0.1) is 40.9 Å². The molecule has 0 spiro atoms. The van der Waals surface area contributed by atoms with Crippen LogP contribution in [0.3, 0.4) is 0 Å². The van der Waals surface area contributed by atoms with Gasteiger partial charge < -0.3 is 45.7 Å². The van der Waals surface area contributed by atoms with E-state index < -0.39 is 70.9 Å². The van der Waals surface area contributed by atoms with Gasteiger partial charge in [0.05, 0.1) is 24.2 Å². The highest BCUT2D eigenvalue weighted by molar-refractivity contribution is 6.01. The third-order valence-corrected chi connectivity index (χ3v) is 15.0. The van der Waals surface area contributed by atoms with Crippen molar-refractivity contribution in [1.29, 1.82) is 5.26 Å². The Bertz CT molecular complexity index is 2170. The molecular weight excluding hydrogens is 917 g/mol. The van der Waals surface area contributed by atoms with Gasteiger partial charge in [0.15, 0.2) is 0 Å². The number of para-hydroxylation sites is 1. The highest BCUT2D eigenvalue weighted by atomic mass is 16.6. The normalized spacial score (nSPS) is 19.2. The molecule has 1 fully saturated rings. The molecule has 5 N–H and O–H groups in total. The molecule has 6 amide bonds. The maximum Gasteiger partial charge on any atom is 0.249 e. The zero-order chi connectivity index (χ0) is 54.2. The molecular formula is C55H90N8O9. The molecule has 0 bridgehead atoms. The van der Waals surface area contributed by atoms with Gasteiger partial charge in [-0.15, -0.1) is 0 Å². The molecule has 10 atom stereocenters. The first-order valence-corrected chi connectivity index (χ1v) is 26.4. The minimum Gasteiger partial charge on any atom is -0.417 e. The highest BCUT2D eigenvalue weighted by Crippen LogP contribution is 2.53. The van der Waals surface area contributed by atoms with E-state index >= 15 is 19.2 Å². The summed E-state index contributed by atoms with van der Waals surface area (Å²) >= 11 is 0. The number of unbranched alkanes of at least 4 members (excludes halogenated alkanes) is 2. The predicted molar refractivity (Wildman–Crippen MR) is 280 cm³/mol. The number of hydrogen-bond acceptors (Lipinski definition) is 10. The molecule has 2 unspecified atom stereocenters. The molecule has 17 heteroatoms. The van der Waals surface area contributed by atoms with E-state index in [0.717, 1.165) is 49.4 Å². The molecule has 3 rings (SSSR count). The van der Waals surface area contributed by atoms with Gasteiger partial charge in [-0.05, 0) is 87.2 Å². The Balaban J connectivity index is 2.13. The second-order valence-electron chi connectivity index (χ2n) is 21.9. The van der Waals surface area contributed by atoms with E-state index in [1.807, 2.05) is 71.9 Å². The molecule has 1 aliphatic carbocycles. The lowest BCUT2D eigenvalue weighted by Gasteiger charge is -2.40. The van der Waals surface area contributed by atoms with E-state index in [2.05, 4.69) is 29.8 Å². The van der Waals surface area contributed by atoms with E-state index in [4.69, 9.17) is 10.1 Å². The SMILES string of the molecule is CCCC[C@@H](C)C[C@H](NC(=O)[C@H](Cc1cn(OC)c2ccccc12)N(C)C(=O)[C@H](CC(C)C)NC(=O)[C@@]1(N(C)C(=O)C(C)(C[C@H](C)CCCC)NC(=O)[C@H](O)CCC#N)CC1C(C)C)C(=O)N(C)[C@H](C)CO. The number of hydrogen-bond donors (Lipinski definition) is 5. The summed E-state index contributed by atoms with van der Waals surface area (Å²) in [4.78, 5) is 98.0. The third-order valence-electron chi connectivity index (χ3n) is 15.0. The van der Waals surface area contributed by atoms with Crippen LogP contribution in [0.5, 0.6) is 0 Å². The van der Waals surface area contributed by atoms with E-state index in [9.17, 15) is 19.8 Å². The number of aromatic nitrogens is 1. The van der Waals surface area contributed by atoms with Crippen LogP contribution >= 0.6 is 0 Å². The van der Waals surface area contributed by atoms with E-state index in [1.54, 1.807) is 38.9 Å². The van der Waals surface area contributed by atoms with Gasteiger partial charge in [0.2, 0.25) is 35.4 Å². The zero-order valence-electron chi connectivity index (χ0n) is 46.0. The van der Waals surface area contributed by atoms with Gasteiger partial charge >= 0.3 is 0 Å². The molecule has 72 heavy (non-hydrogen) atoms. The summed E-state index contributed by atoms with van der Waals surface area (Å²) < 4.78 is 1.59. The number of aliphatic hydroxyl groups excluding tert-OH is 2. The first-order valence-electron chi connectivity index (χ1n) is 26.4. The van der Waals surface area contributed by atoms with Gasteiger partial charge in [-0.3, -0.25) is 28.8 Å². The second-order valence-corrected chi connectivity index (χ2v) is 21.9. The maximum absolute atomic E-state index is 15.2. The summed E-state index contributed by atoms with van der Waals surface area (Å²) in [6.45, 7) is 19.1. The van der Waals surface area contributed by atoms with Gasteiger partial charge in [0, 0.05) is 45.6 Å². The molecule has 17 nitrogen and oxygen atoms in total. The van der Waals surface area contributed by atoms with Gasteiger partial charge in [-0.2, -0.15) is 9.99 Å². The number of amides is 6. The number of likely N-dealkylation sites (N-methyl/N-ethyl adjacent to an activating group) is 3. The first-order chi connectivity index (χ1) is 33.9. The number of benzene rings is 1. The van der Waals surface area contributed by atoms with E-state index in [-0.39, 0.29) is 74.2 Å². The lowest BCUT2D eigenvalue weighted by Crippen LogP contribution is -2.65. The molecule has 2 aromatic rings. The van der Waals surface area contributed by atoms with Crippen molar-refractivity contribution in [2.45, 2.75) is 194 Å². The predicted octanol–water partition coefficient (Wildman–Crippen LogP) is 5.77. The van der Waals surface area contributed by atoms with Crippen molar-refractivity contribution in [1.82, 2.24) is 35.4 Å². The third kappa shape index (κ3) is 15.4. The summed E-state index contributed by atoms with van der Waals surface area (Å²) in [5, 5.41) is 39.5. The summed E-state index contributed by atoms with van der Waals surface area (Å²) in [6.07, 6.45) is 6.52. The quantitative estimate of drug-likeness (QED) is 0.0613. The van der Waals surface area contributed by atoms with Gasteiger partial charge in [-0.25, -0.2) is 0 Å². The second kappa shape index (κ2) is 27.7. The van der Waals surface area contributed by atoms with Crippen molar-refractivity contribution < 1.29 is 43.8 Å². The van der Waals surface area contributed by atoms with E-state index in [0.29, 0.717) is 18.4 Å². The largest absolute Gasteiger partial charge is 0.417 e. The van der Waals surface area contributed by atoms with E-state index in [1.165, 1.54) is 28.9 Å². The van der Waals surface area contributed by atoms with Crippen LogP contribution in [0.4, 0.5) is 0 Å². The first kappa shape index (κ1) is 61.1. The number of carbonyl (C=O) groups excluding carboxylic acids is 6. The summed E-state index contributed by atoms with van der Waals surface area (Å²) in [5.41, 5.74) is -1.49. The Kier molecular flexibility index (Phi) is 23.5. The van der Waals surface area contributed by atoms with Crippen LogP contribution in [0.25, 0.3) is 10.9 Å². The molecule has 404 valence electrons. The van der Waals surface area contributed by atoms with Gasteiger partial charge in [-0.1, -0.05) is 112 Å². The van der Waals surface area contributed by atoms with Crippen molar-refractivity contribution in [3.8, 4) is 6.07 Å². The number of fused-ring (bicyclic) bond motifs is 1. The average molecular weight is 1010 g/mol. The average Bonchev–Trinajstić information content (AvgIpc) is 4.03. The van der Waals surface area contributed by atoms with Crippen molar-refractivity contribution in [2.24, 2.45) is 29.6 Å². The molecule has 0 radical (unpaired) electrons. The number of carbonyl (C=O) groups is 6. The van der Waals surface area contributed by atoms with Crippen molar-refractivity contribution in [2.75, 3.05) is 34.9 Å². The van der Waals surface area contributed by atoms with Crippen molar-refractivity contribution in [3.63, 3.8) is 0 Å². The fourth-order valence-corrected chi connectivity index (χ4v) is 10.3. The zero-order valence-corrected chi connectivity index (χ0v) is 46.0. The molecule has 1 saturated carbocycles. The lowest BCUT2D eigenvalue weighted by molar-refractivity contribution is -0.150. The number of nitriles is 1. The van der Waals surface area contributed by atoms with Crippen molar-refractivity contribution >= 4 is 46.3 Å². The summed E-state index contributed by atoms with van der Waals surface area (Å²) in [7, 11) is 6.21. The number of rotatable bonds is 31. The maximum atomic E-state index is 15.2. The van der Waals surface area contributed by atoms with Crippen LogP contribution in [0.2, 0.25) is 0 Å². The minimum atomic E-state index is -1.54. The van der Waals surface area contributed by atoms with Gasteiger partial charge in [0.25, 0.3) is 0 Å². The van der Waals surface area contributed by atoms with Crippen molar-refractivity contribution in [3.05, 3.63) is 36.0 Å². The molecule has 0 aliphatic heterocycles. The van der Waals surface area contributed by atoms with Gasteiger partial charge in [0.1, 0.15) is 42.4 Å². The Hall–Kier alpha value is -5.21. The fourth-order valence-electron chi connectivity index (χ4n) is 10.3. The topological polar surface area (TPSA) is 227 Å². The molecule has 0 saturated heterocycles. The monoisotopic (exact) mass is 1010 g/mol. The Labute approximate surface area is 430 Å². The Morgan fingerprint density at radius 2 is 1.47 bits per heavy atom. The van der Waals surface area contributed by atoms with Crippen LogP contribution < -0.4 is 20.8 Å². The van der Waals surface area contributed by atoms with Crippen LogP contribution in [-0.2, 0) is 35.2 Å². The number of nitrogens with zero attached hydrogens (tertiary/aromatic N) is 5. The summed E-state index contributed by atoms with van der Waals surface area (Å²) in [5.74, 6) is -3.76.